The van der Waals surface area contributed by atoms with Crippen LogP contribution >= 0.6 is 0 Å². The van der Waals surface area contributed by atoms with Crippen molar-refractivity contribution >= 4 is 0 Å². The van der Waals surface area contributed by atoms with Crippen LogP contribution in [-0.4, -0.2) is 22.4 Å². The molecule has 0 heterocycles. The van der Waals surface area contributed by atoms with E-state index in [9.17, 15) is 10.2 Å². The van der Waals surface area contributed by atoms with Crippen LogP contribution in [0.15, 0.2) is 12.2 Å². The van der Waals surface area contributed by atoms with Crippen molar-refractivity contribution in [1.82, 2.24) is 0 Å². The minimum atomic E-state index is -0.392. The second-order valence-electron chi connectivity index (χ2n) is 14.8. The zero-order valence-corrected chi connectivity index (χ0v) is 22.0. The van der Waals surface area contributed by atoms with Crippen molar-refractivity contribution in [3.8, 4) is 0 Å². The van der Waals surface area contributed by atoms with Crippen LogP contribution in [0.4, 0.5) is 0 Å². The summed E-state index contributed by atoms with van der Waals surface area (Å²) >= 11 is 0. The first-order valence-electron chi connectivity index (χ1n) is 13.7. The maximum atomic E-state index is 11.5. The Hall–Kier alpha value is -0.340. The Bertz CT molecular complexity index is 801. The molecule has 5 rings (SSSR count). The third-order valence-corrected chi connectivity index (χ3v) is 13.6. The third-order valence-electron chi connectivity index (χ3n) is 13.6. The molecule has 2 heteroatoms. The molecule has 0 radical (unpaired) electrons. The van der Waals surface area contributed by atoms with Crippen molar-refractivity contribution in [2.75, 3.05) is 0 Å². The van der Waals surface area contributed by atoms with Gasteiger partial charge >= 0.3 is 0 Å². The van der Waals surface area contributed by atoms with E-state index >= 15 is 0 Å². The van der Waals surface area contributed by atoms with E-state index in [1.807, 2.05) is 0 Å². The average molecular weight is 443 g/mol. The van der Waals surface area contributed by atoms with Gasteiger partial charge in [0.25, 0.3) is 0 Å². The Labute approximate surface area is 197 Å². The second kappa shape index (κ2) is 6.87. The third kappa shape index (κ3) is 2.61. The van der Waals surface area contributed by atoms with E-state index in [1.165, 1.54) is 50.5 Å². The first-order chi connectivity index (χ1) is 14.7. The monoisotopic (exact) mass is 442 g/mol. The molecule has 32 heavy (non-hydrogen) atoms. The summed E-state index contributed by atoms with van der Waals surface area (Å²) < 4.78 is 0. The highest BCUT2D eigenvalue weighted by Gasteiger charge is 2.71. The lowest BCUT2D eigenvalue weighted by atomic mass is 9.32. The largest absolute Gasteiger partial charge is 0.392 e. The molecule has 2 nitrogen and oxygen atoms in total. The van der Waals surface area contributed by atoms with Crippen LogP contribution < -0.4 is 0 Å². The number of hydrogen-bond donors (Lipinski definition) is 2. The lowest BCUT2D eigenvalue weighted by molar-refractivity contribution is -0.273. The van der Waals surface area contributed by atoms with Crippen LogP contribution in [0.2, 0.25) is 0 Å². The highest BCUT2D eigenvalue weighted by atomic mass is 16.3. The first kappa shape index (κ1) is 23.4. The number of allylic oxidation sites excluding steroid dienone is 1. The molecular formula is C30H50O2. The summed E-state index contributed by atoms with van der Waals surface area (Å²) in [5, 5.41) is 22.4. The van der Waals surface area contributed by atoms with E-state index in [-0.39, 0.29) is 22.3 Å². The van der Waals surface area contributed by atoms with Crippen molar-refractivity contribution in [3.63, 3.8) is 0 Å². The van der Waals surface area contributed by atoms with E-state index in [1.54, 1.807) is 0 Å². The van der Waals surface area contributed by atoms with Gasteiger partial charge in [0.15, 0.2) is 0 Å². The molecule has 0 unspecified atom stereocenters. The van der Waals surface area contributed by atoms with Gasteiger partial charge in [-0.2, -0.15) is 0 Å². The van der Waals surface area contributed by atoms with Crippen LogP contribution in [0.1, 0.15) is 106 Å². The molecule has 0 aromatic heterocycles. The van der Waals surface area contributed by atoms with Gasteiger partial charge in [-0.1, -0.05) is 53.7 Å². The van der Waals surface area contributed by atoms with Gasteiger partial charge in [-0.15, -0.1) is 0 Å². The molecule has 5 fully saturated rings. The summed E-state index contributed by atoms with van der Waals surface area (Å²) in [4.78, 5) is 0. The van der Waals surface area contributed by atoms with Gasteiger partial charge in [-0.3, -0.25) is 0 Å². The Kier molecular flexibility index (Phi) is 5.02. The van der Waals surface area contributed by atoms with Crippen molar-refractivity contribution in [3.05, 3.63) is 12.2 Å². The minimum Gasteiger partial charge on any atom is -0.392 e. The number of rotatable bonds is 1. The normalized spacial score (nSPS) is 58.8. The van der Waals surface area contributed by atoms with E-state index in [4.69, 9.17) is 0 Å². The van der Waals surface area contributed by atoms with Gasteiger partial charge in [0, 0.05) is 11.8 Å². The maximum Gasteiger partial charge on any atom is 0.0624 e. The van der Waals surface area contributed by atoms with Gasteiger partial charge in [0.1, 0.15) is 0 Å². The molecule has 182 valence electrons. The Balaban J connectivity index is 1.57. The van der Waals surface area contributed by atoms with Crippen molar-refractivity contribution in [2.24, 2.45) is 56.7 Å². The molecule has 11 atom stereocenters. The van der Waals surface area contributed by atoms with Gasteiger partial charge < -0.3 is 10.2 Å². The Morgan fingerprint density at radius 1 is 0.750 bits per heavy atom. The predicted molar refractivity (Wildman–Crippen MR) is 132 cm³/mol. The lowest BCUT2D eigenvalue weighted by Gasteiger charge is -2.73. The fourth-order valence-corrected chi connectivity index (χ4v) is 11.4. The summed E-state index contributed by atoms with van der Waals surface area (Å²) in [6, 6.07) is 0. The Morgan fingerprint density at radius 2 is 1.44 bits per heavy atom. The van der Waals surface area contributed by atoms with Crippen LogP contribution in [-0.2, 0) is 0 Å². The van der Waals surface area contributed by atoms with E-state index in [0.29, 0.717) is 35.0 Å². The topological polar surface area (TPSA) is 40.5 Å². The smallest absolute Gasteiger partial charge is 0.0624 e. The highest BCUT2D eigenvalue weighted by molar-refractivity contribution is 5.22. The number of fused-ring (bicyclic) bond motifs is 7. The Morgan fingerprint density at radius 3 is 2.09 bits per heavy atom. The quantitative estimate of drug-likeness (QED) is 0.429. The standard InChI is InChI=1S/C30H50O2/c1-18(2)19-11-13-27(5)15-16-28(6)20(25(19)27)9-10-22-29(28,7)14-12-21-26(3,4)23(31)17-24(32)30(21,22)8/h19-25,31-32H,1,9-17H2,2-8H3/t19-,20-,21-,22-,23+,24-,25+,27+,28+,29+,30-/m0/s1. The van der Waals surface area contributed by atoms with E-state index in [0.717, 1.165) is 18.3 Å². The minimum absolute atomic E-state index is 0.0894. The molecule has 0 aromatic carbocycles. The van der Waals surface area contributed by atoms with Crippen LogP contribution in [0.5, 0.6) is 0 Å². The lowest BCUT2D eigenvalue weighted by Crippen LogP contribution is -2.69. The zero-order chi connectivity index (χ0) is 23.5. The van der Waals surface area contributed by atoms with Crippen molar-refractivity contribution in [2.45, 2.75) is 118 Å². The molecule has 0 aromatic rings. The molecule has 5 aliphatic rings. The summed E-state index contributed by atoms with van der Waals surface area (Å²) in [5.74, 6) is 3.22. The van der Waals surface area contributed by atoms with Crippen molar-refractivity contribution in [1.29, 1.82) is 0 Å². The summed E-state index contributed by atoms with van der Waals surface area (Å²) in [6.45, 7) is 21.6. The average Bonchev–Trinajstić information content (AvgIpc) is 3.05. The predicted octanol–water partition coefficient (Wildman–Crippen LogP) is 7.00. The van der Waals surface area contributed by atoms with Gasteiger partial charge in [0.2, 0.25) is 0 Å². The summed E-state index contributed by atoms with van der Waals surface area (Å²) in [5.41, 5.74) is 2.32. The van der Waals surface area contributed by atoms with Crippen LogP contribution in [0.3, 0.4) is 0 Å². The van der Waals surface area contributed by atoms with Crippen LogP contribution in [0, 0.1) is 56.7 Å². The van der Waals surface area contributed by atoms with E-state index < -0.39 is 6.10 Å². The maximum absolute atomic E-state index is 11.5. The SMILES string of the molecule is C=C(C)[C@@H]1CC[C@]2(C)CC[C@]3(C)[C@@H](CC[C@@H]4[C@@]5(C)[C@@H](O)C[C@@H](O)C(C)(C)[C@@H]5CC[C@]43C)[C@@H]12. The molecule has 2 N–H and O–H groups in total. The molecule has 0 bridgehead atoms. The molecular weight excluding hydrogens is 392 g/mol. The molecule has 0 aliphatic heterocycles. The number of aliphatic hydroxyl groups excluding tert-OH is 2. The molecule has 0 spiro atoms. The molecule has 0 saturated heterocycles. The second-order valence-corrected chi connectivity index (χ2v) is 14.8. The fourth-order valence-electron chi connectivity index (χ4n) is 11.4. The summed E-state index contributed by atoms with van der Waals surface area (Å²) in [7, 11) is 0. The van der Waals surface area contributed by atoms with E-state index in [2.05, 4.69) is 55.0 Å². The highest BCUT2D eigenvalue weighted by Crippen LogP contribution is 2.77. The number of aliphatic hydroxyl groups is 2. The fraction of sp³-hybridized carbons (Fsp3) is 0.933. The summed E-state index contributed by atoms with van der Waals surface area (Å²) in [6.07, 6.45) is 10.2. The van der Waals surface area contributed by atoms with Gasteiger partial charge in [-0.25, -0.2) is 0 Å². The van der Waals surface area contributed by atoms with Gasteiger partial charge in [0.05, 0.1) is 12.2 Å². The van der Waals surface area contributed by atoms with Crippen molar-refractivity contribution < 1.29 is 10.2 Å². The van der Waals surface area contributed by atoms with Gasteiger partial charge in [-0.05, 0) is 110 Å². The first-order valence-corrected chi connectivity index (χ1v) is 13.7. The number of hydrogen-bond acceptors (Lipinski definition) is 2. The molecule has 5 saturated carbocycles. The van der Waals surface area contributed by atoms with Crippen LogP contribution in [0.25, 0.3) is 0 Å². The molecule has 5 aliphatic carbocycles. The molecule has 0 amide bonds. The zero-order valence-electron chi connectivity index (χ0n) is 22.0.